The number of hydrogen-bond acceptors (Lipinski definition) is 3. The summed E-state index contributed by atoms with van der Waals surface area (Å²) in [5.41, 5.74) is 0.331. The molecule has 0 unspecified atom stereocenters. The lowest BCUT2D eigenvalue weighted by molar-refractivity contribution is 0.0922. The van der Waals surface area contributed by atoms with Crippen LogP contribution in [0.5, 0.6) is 0 Å². The number of rotatable bonds is 4. The van der Waals surface area contributed by atoms with E-state index in [-0.39, 0.29) is 29.0 Å². The number of carbonyl (C=O) groups excluding carboxylic acids is 2. The van der Waals surface area contributed by atoms with E-state index in [4.69, 9.17) is 0 Å². The number of benzene rings is 1. The second-order valence-electron chi connectivity index (χ2n) is 6.15. The zero-order valence-electron chi connectivity index (χ0n) is 13.8. The Bertz CT molecular complexity index is 773. The summed E-state index contributed by atoms with van der Waals surface area (Å²) in [4.78, 5) is 28.7. The fourth-order valence-corrected chi connectivity index (χ4v) is 2.94. The molecule has 5 nitrogen and oxygen atoms in total. The molecule has 1 saturated carbocycles. The summed E-state index contributed by atoms with van der Waals surface area (Å²) in [5.74, 6) is -1.37. The van der Waals surface area contributed by atoms with Gasteiger partial charge in [-0.1, -0.05) is 37.5 Å². The van der Waals surface area contributed by atoms with Gasteiger partial charge in [-0.2, -0.15) is 0 Å². The highest BCUT2D eigenvalue weighted by Gasteiger charge is 2.18. The minimum atomic E-state index is -0.558. The molecule has 0 atom stereocenters. The summed E-state index contributed by atoms with van der Waals surface area (Å²) < 4.78 is 13.6. The first-order valence-corrected chi connectivity index (χ1v) is 8.47. The zero-order chi connectivity index (χ0) is 17.6. The maximum atomic E-state index is 13.6. The number of anilines is 1. The molecular weight excluding hydrogens is 321 g/mol. The van der Waals surface area contributed by atoms with Crippen LogP contribution in [0.15, 0.2) is 42.5 Å². The van der Waals surface area contributed by atoms with Crippen molar-refractivity contribution in [2.75, 3.05) is 5.32 Å². The topological polar surface area (TPSA) is 71.1 Å². The molecule has 2 aromatic rings. The molecule has 2 amide bonds. The minimum Gasteiger partial charge on any atom is -0.348 e. The van der Waals surface area contributed by atoms with Gasteiger partial charge >= 0.3 is 0 Å². The molecule has 25 heavy (non-hydrogen) atoms. The minimum absolute atomic E-state index is 0.0690. The Hall–Kier alpha value is -2.76. The van der Waals surface area contributed by atoms with Crippen LogP contribution in [0, 0.1) is 5.82 Å². The molecule has 1 heterocycles. The van der Waals surface area contributed by atoms with Crippen molar-refractivity contribution in [1.29, 1.82) is 0 Å². The van der Waals surface area contributed by atoms with E-state index in [9.17, 15) is 14.0 Å². The number of amides is 2. The van der Waals surface area contributed by atoms with Crippen LogP contribution in [0.1, 0.15) is 53.1 Å². The molecule has 0 bridgehead atoms. The fourth-order valence-electron chi connectivity index (χ4n) is 2.94. The van der Waals surface area contributed by atoms with E-state index >= 15 is 0 Å². The third-order valence-electron chi connectivity index (χ3n) is 4.28. The van der Waals surface area contributed by atoms with Gasteiger partial charge in [0.25, 0.3) is 11.8 Å². The number of nitrogens with zero attached hydrogens (tertiary/aromatic N) is 1. The van der Waals surface area contributed by atoms with Crippen LogP contribution >= 0.6 is 0 Å². The van der Waals surface area contributed by atoms with Crippen molar-refractivity contribution >= 4 is 17.5 Å². The van der Waals surface area contributed by atoms with Gasteiger partial charge in [0.15, 0.2) is 0 Å². The molecule has 1 aliphatic rings. The maximum absolute atomic E-state index is 13.6. The number of nitrogens with one attached hydrogen (secondary N) is 2. The van der Waals surface area contributed by atoms with Crippen LogP contribution in [0.3, 0.4) is 0 Å². The van der Waals surface area contributed by atoms with Crippen molar-refractivity contribution in [2.45, 2.75) is 38.1 Å². The molecule has 0 spiro atoms. The van der Waals surface area contributed by atoms with E-state index in [0.29, 0.717) is 0 Å². The number of halogens is 1. The van der Waals surface area contributed by atoms with Gasteiger partial charge in [-0.3, -0.25) is 9.59 Å². The molecule has 0 saturated heterocycles. The van der Waals surface area contributed by atoms with Gasteiger partial charge in [0.2, 0.25) is 0 Å². The summed E-state index contributed by atoms with van der Waals surface area (Å²) in [5, 5.41) is 5.43. The largest absolute Gasteiger partial charge is 0.348 e. The average molecular weight is 341 g/mol. The van der Waals surface area contributed by atoms with Crippen molar-refractivity contribution in [3.8, 4) is 0 Å². The highest BCUT2D eigenvalue weighted by Crippen LogP contribution is 2.18. The van der Waals surface area contributed by atoms with Crippen LogP contribution in [-0.2, 0) is 0 Å². The van der Waals surface area contributed by atoms with Crippen LogP contribution in [0.4, 0.5) is 10.1 Å². The number of aromatic nitrogens is 1. The number of carbonyl (C=O) groups is 2. The third-order valence-corrected chi connectivity index (χ3v) is 4.28. The van der Waals surface area contributed by atoms with Gasteiger partial charge in [0.05, 0.1) is 5.69 Å². The number of hydrogen-bond donors (Lipinski definition) is 2. The quantitative estimate of drug-likeness (QED) is 0.893. The molecule has 2 N–H and O–H groups in total. The lowest BCUT2D eigenvalue weighted by Crippen LogP contribution is -2.36. The Morgan fingerprint density at radius 1 is 0.920 bits per heavy atom. The highest BCUT2D eigenvalue weighted by molar-refractivity contribution is 6.03. The summed E-state index contributed by atoms with van der Waals surface area (Å²) in [7, 11) is 0. The van der Waals surface area contributed by atoms with Crippen molar-refractivity contribution in [3.05, 3.63) is 59.7 Å². The Balaban J connectivity index is 1.69. The Morgan fingerprint density at radius 3 is 2.32 bits per heavy atom. The van der Waals surface area contributed by atoms with Crippen LogP contribution in [0.2, 0.25) is 0 Å². The molecule has 130 valence electrons. The first kappa shape index (κ1) is 17.1. The summed E-state index contributed by atoms with van der Waals surface area (Å²) >= 11 is 0. The van der Waals surface area contributed by atoms with Crippen molar-refractivity contribution in [2.24, 2.45) is 0 Å². The molecule has 1 aliphatic carbocycles. The van der Waals surface area contributed by atoms with Gasteiger partial charge < -0.3 is 10.6 Å². The van der Waals surface area contributed by atoms with Crippen LogP contribution in [-0.4, -0.2) is 22.8 Å². The molecular formula is C19H20FN3O2. The summed E-state index contributed by atoms with van der Waals surface area (Å²) in [6, 6.07) is 10.7. The molecule has 6 heteroatoms. The normalized spacial score (nSPS) is 14.8. The van der Waals surface area contributed by atoms with E-state index in [0.717, 1.165) is 25.7 Å². The lowest BCUT2D eigenvalue weighted by atomic mass is 9.95. The van der Waals surface area contributed by atoms with Crippen molar-refractivity contribution < 1.29 is 14.0 Å². The van der Waals surface area contributed by atoms with E-state index < -0.39 is 11.7 Å². The second-order valence-corrected chi connectivity index (χ2v) is 6.15. The second kappa shape index (κ2) is 7.88. The van der Waals surface area contributed by atoms with E-state index in [1.807, 2.05) is 0 Å². The molecule has 3 rings (SSSR count). The van der Waals surface area contributed by atoms with Gasteiger partial charge in [-0.05, 0) is 37.1 Å². The van der Waals surface area contributed by atoms with Crippen LogP contribution < -0.4 is 10.6 Å². The third kappa shape index (κ3) is 4.41. The first-order chi connectivity index (χ1) is 12.1. The summed E-state index contributed by atoms with van der Waals surface area (Å²) in [6.45, 7) is 0. The van der Waals surface area contributed by atoms with E-state index in [2.05, 4.69) is 15.6 Å². The predicted molar refractivity (Wildman–Crippen MR) is 92.9 cm³/mol. The molecule has 0 radical (unpaired) electrons. The standard InChI is InChI=1S/C19H20FN3O2/c20-14-9-4-5-10-15(14)23-19(25)17-12-6-11-16(22-17)18(24)21-13-7-2-1-3-8-13/h4-6,9-13H,1-3,7-8H2,(H,21,24)(H,23,25). The van der Waals surface area contributed by atoms with Crippen LogP contribution in [0.25, 0.3) is 0 Å². The zero-order valence-corrected chi connectivity index (χ0v) is 13.8. The van der Waals surface area contributed by atoms with Gasteiger partial charge in [-0.25, -0.2) is 9.37 Å². The molecule has 0 aliphatic heterocycles. The maximum Gasteiger partial charge on any atom is 0.274 e. The number of para-hydroxylation sites is 1. The smallest absolute Gasteiger partial charge is 0.274 e. The number of pyridine rings is 1. The monoisotopic (exact) mass is 341 g/mol. The average Bonchev–Trinajstić information content (AvgIpc) is 2.64. The predicted octanol–water partition coefficient (Wildman–Crippen LogP) is 3.54. The fraction of sp³-hybridized carbons (Fsp3) is 0.316. The molecule has 1 aromatic heterocycles. The Morgan fingerprint density at radius 2 is 1.60 bits per heavy atom. The van der Waals surface area contributed by atoms with E-state index in [1.54, 1.807) is 24.3 Å². The summed E-state index contributed by atoms with van der Waals surface area (Å²) in [6.07, 6.45) is 5.38. The molecule has 1 fully saturated rings. The van der Waals surface area contributed by atoms with Gasteiger partial charge in [0.1, 0.15) is 17.2 Å². The van der Waals surface area contributed by atoms with E-state index in [1.165, 1.54) is 24.6 Å². The van der Waals surface area contributed by atoms with Gasteiger partial charge in [-0.15, -0.1) is 0 Å². The SMILES string of the molecule is O=C(Nc1ccccc1F)c1cccc(C(=O)NC2CCCCC2)n1. The highest BCUT2D eigenvalue weighted by atomic mass is 19.1. The first-order valence-electron chi connectivity index (χ1n) is 8.47. The Labute approximate surface area is 145 Å². The Kier molecular flexibility index (Phi) is 5.38. The molecule has 1 aromatic carbocycles. The lowest BCUT2D eigenvalue weighted by Gasteiger charge is -2.22. The van der Waals surface area contributed by atoms with Gasteiger partial charge in [0, 0.05) is 6.04 Å². The van der Waals surface area contributed by atoms with Crippen molar-refractivity contribution in [1.82, 2.24) is 10.3 Å². The van der Waals surface area contributed by atoms with Crippen molar-refractivity contribution in [3.63, 3.8) is 0 Å².